The highest BCUT2D eigenvalue weighted by atomic mass is 35.5. The molecule has 1 amide bonds. The number of halogens is 1. The summed E-state index contributed by atoms with van der Waals surface area (Å²) in [6, 6.07) is 11.4. The first kappa shape index (κ1) is 16.9. The molecular formula is C16H15ClN2O4. The molecule has 0 saturated carbocycles. The molecule has 0 aliphatic heterocycles. The molecular weight excluding hydrogens is 320 g/mol. The maximum atomic E-state index is 12.1. The summed E-state index contributed by atoms with van der Waals surface area (Å²) < 4.78 is 0. The van der Waals surface area contributed by atoms with Gasteiger partial charge in [-0.1, -0.05) is 41.9 Å². The number of hydrogen-bond acceptors (Lipinski definition) is 4. The van der Waals surface area contributed by atoms with E-state index in [0.717, 1.165) is 11.1 Å². The van der Waals surface area contributed by atoms with Gasteiger partial charge in [-0.05, 0) is 23.6 Å². The molecule has 0 spiro atoms. The Labute approximate surface area is 137 Å². The number of nitro benzene ring substituents is 1. The second-order valence-electron chi connectivity index (χ2n) is 4.87. The summed E-state index contributed by atoms with van der Waals surface area (Å²) >= 11 is 5.91. The van der Waals surface area contributed by atoms with Crippen molar-refractivity contribution < 1.29 is 14.8 Å². The molecule has 0 saturated heterocycles. The molecule has 7 heteroatoms. The molecule has 0 unspecified atom stereocenters. The van der Waals surface area contributed by atoms with Crippen molar-refractivity contribution in [2.24, 2.45) is 0 Å². The minimum atomic E-state index is -0.631. The van der Waals surface area contributed by atoms with Gasteiger partial charge in [0.05, 0.1) is 16.6 Å². The Morgan fingerprint density at radius 1 is 1.17 bits per heavy atom. The zero-order chi connectivity index (χ0) is 16.8. The average Bonchev–Trinajstić information content (AvgIpc) is 2.55. The third-order valence-corrected chi connectivity index (χ3v) is 3.64. The van der Waals surface area contributed by atoms with Crippen LogP contribution >= 0.6 is 11.6 Å². The van der Waals surface area contributed by atoms with Crippen LogP contribution in [0.25, 0.3) is 0 Å². The van der Waals surface area contributed by atoms with Gasteiger partial charge in [-0.2, -0.15) is 0 Å². The van der Waals surface area contributed by atoms with E-state index < -0.39 is 10.8 Å². The number of benzene rings is 2. The van der Waals surface area contributed by atoms with Crippen LogP contribution in [0.15, 0.2) is 42.5 Å². The van der Waals surface area contributed by atoms with E-state index in [1.54, 1.807) is 12.1 Å². The fourth-order valence-corrected chi connectivity index (χ4v) is 2.37. The summed E-state index contributed by atoms with van der Waals surface area (Å²) in [5.41, 5.74) is 1.35. The van der Waals surface area contributed by atoms with Crippen LogP contribution in [0.3, 0.4) is 0 Å². The van der Waals surface area contributed by atoms with Gasteiger partial charge in [0.1, 0.15) is 5.56 Å². The van der Waals surface area contributed by atoms with E-state index in [1.807, 2.05) is 12.1 Å². The van der Waals surface area contributed by atoms with Crippen LogP contribution in [0.5, 0.6) is 0 Å². The lowest BCUT2D eigenvalue weighted by molar-refractivity contribution is -0.385. The number of rotatable bonds is 6. The molecule has 0 aromatic heterocycles. The summed E-state index contributed by atoms with van der Waals surface area (Å²) in [6.45, 7) is 0.298. The van der Waals surface area contributed by atoms with Crippen molar-refractivity contribution in [2.45, 2.75) is 13.0 Å². The van der Waals surface area contributed by atoms with Gasteiger partial charge < -0.3 is 10.4 Å². The van der Waals surface area contributed by atoms with Gasteiger partial charge in [0.25, 0.3) is 11.6 Å². The smallest absolute Gasteiger partial charge is 0.283 e. The molecule has 0 bridgehead atoms. The van der Waals surface area contributed by atoms with Crippen LogP contribution in [-0.4, -0.2) is 22.5 Å². The van der Waals surface area contributed by atoms with Crippen molar-refractivity contribution in [1.82, 2.24) is 5.32 Å². The van der Waals surface area contributed by atoms with Crippen LogP contribution in [0.2, 0.25) is 5.02 Å². The zero-order valence-corrected chi connectivity index (χ0v) is 12.9. The third-order valence-electron chi connectivity index (χ3n) is 3.32. The molecule has 2 aromatic rings. The standard InChI is InChI=1S/C16H15ClN2O4/c17-13-2-1-3-14(19(22)23)15(13)16(21)18-9-8-11-4-6-12(10-20)7-5-11/h1-7,20H,8-10H2,(H,18,21). The molecule has 0 radical (unpaired) electrons. The number of aliphatic hydroxyl groups excluding tert-OH is 1. The number of nitrogens with one attached hydrogen (secondary N) is 1. The number of amides is 1. The Kier molecular flexibility index (Phi) is 5.67. The van der Waals surface area contributed by atoms with Crippen LogP contribution < -0.4 is 5.32 Å². The van der Waals surface area contributed by atoms with Gasteiger partial charge in [0.2, 0.25) is 0 Å². The Bertz CT molecular complexity index is 717. The number of carbonyl (C=O) groups excluding carboxylic acids is 1. The van der Waals surface area contributed by atoms with E-state index in [9.17, 15) is 14.9 Å². The van der Waals surface area contributed by atoms with Crippen LogP contribution in [0.4, 0.5) is 5.69 Å². The fourth-order valence-electron chi connectivity index (χ4n) is 2.11. The monoisotopic (exact) mass is 334 g/mol. The van der Waals surface area contributed by atoms with E-state index in [1.165, 1.54) is 18.2 Å². The maximum absolute atomic E-state index is 12.1. The minimum Gasteiger partial charge on any atom is -0.392 e. The summed E-state index contributed by atoms with van der Waals surface area (Å²) in [6.07, 6.45) is 0.565. The van der Waals surface area contributed by atoms with Gasteiger partial charge in [0, 0.05) is 12.6 Å². The number of carbonyl (C=O) groups is 1. The topological polar surface area (TPSA) is 92.5 Å². The van der Waals surface area contributed by atoms with Crippen molar-refractivity contribution in [3.05, 3.63) is 74.3 Å². The molecule has 0 heterocycles. The van der Waals surface area contributed by atoms with Crippen molar-refractivity contribution in [3.8, 4) is 0 Å². The fraction of sp³-hybridized carbons (Fsp3) is 0.188. The summed E-state index contributed by atoms with van der Waals surface area (Å²) in [5.74, 6) is -0.575. The first-order valence-electron chi connectivity index (χ1n) is 6.92. The van der Waals surface area contributed by atoms with Crippen LogP contribution in [0.1, 0.15) is 21.5 Å². The largest absolute Gasteiger partial charge is 0.392 e. The molecule has 0 atom stereocenters. The van der Waals surface area contributed by atoms with E-state index in [2.05, 4.69) is 5.32 Å². The molecule has 2 rings (SSSR count). The first-order valence-corrected chi connectivity index (χ1v) is 7.30. The number of nitrogens with zero attached hydrogens (tertiary/aromatic N) is 1. The van der Waals surface area contributed by atoms with Crippen molar-refractivity contribution in [1.29, 1.82) is 0 Å². The Hall–Kier alpha value is -2.44. The van der Waals surface area contributed by atoms with Gasteiger partial charge in [0.15, 0.2) is 0 Å². The minimum absolute atomic E-state index is 0.0206. The first-order chi connectivity index (χ1) is 11.0. The molecule has 0 aliphatic rings. The SMILES string of the molecule is O=C(NCCc1ccc(CO)cc1)c1c(Cl)cccc1[N+](=O)[O-]. The van der Waals surface area contributed by atoms with Crippen molar-refractivity contribution >= 4 is 23.2 Å². The highest BCUT2D eigenvalue weighted by Gasteiger charge is 2.22. The van der Waals surface area contributed by atoms with E-state index in [0.29, 0.717) is 13.0 Å². The highest BCUT2D eigenvalue weighted by molar-refractivity contribution is 6.34. The van der Waals surface area contributed by atoms with E-state index >= 15 is 0 Å². The van der Waals surface area contributed by atoms with E-state index in [-0.39, 0.29) is 22.9 Å². The van der Waals surface area contributed by atoms with Gasteiger partial charge in [-0.25, -0.2) is 0 Å². The van der Waals surface area contributed by atoms with Crippen LogP contribution in [-0.2, 0) is 13.0 Å². The van der Waals surface area contributed by atoms with Gasteiger partial charge in [-0.3, -0.25) is 14.9 Å². The lowest BCUT2D eigenvalue weighted by Gasteiger charge is -2.08. The third kappa shape index (κ3) is 4.28. The predicted molar refractivity (Wildman–Crippen MR) is 86.5 cm³/mol. The average molecular weight is 335 g/mol. The van der Waals surface area contributed by atoms with Crippen molar-refractivity contribution in [3.63, 3.8) is 0 Å². The molecule has 0 aliphatic carbocycles. The Balaban J connectivity index is 2.01. The number of hydrogen-bond donors (Lipinski definition) is 2. The Morgan fingerprint density at radius 2 is 1.83 bits per heavy atom. The number of nitro groups is 1. The second kappa shape index (κ2) is 7.71. The quantitative estimate of drug-likeness (QED) is 0.627. The lowest BCUT2D eigenvalue weighted by Crippen LogP contribution is -2.26. The lowest BCUT2D eigenvalue weighted by atomic mass is 10.1. The van der Waals surface area contributed by atoms with Gasteiger partial charge in [-0.15, -0.1) is 0 Å². The number of aliphatic hydroxyl groups is 1. The molecule has 23 heavy (non-hydrogen) atoms. The molecule has 120 valence electrons. The van der Waals surface area contributed by atoms with Crippen LogP contribution in [0, 0.1) is 10.1 Å². The zero-order valence-electron chi connectivity index (χ0n) is 12.2. The maximum Gasteiger partial charge on any atom is 0.283 e. The summed E-state index contributed by atoms with van der Waals surface area (Å²) in [7, 11) is 0. The highest BCUT2D eigenvalue weighted by Crippen LogP contribution is 2.25. The van der Waals surface area contributed by atoms with Crippen molar-refractivity contribution in [2.75, 3.05) is 6.54 Å². The summed E-state index contributed by atoms with van der Waals surface area (Å²) in [5, 5.41) is 22.6. The second-order valence-corrected chi connectivity index (χ2v) is 5.28. The van der Waals surface area contributed by atoms with E-state index in [4.69, 9.17) is 16.7 Å². The summed E-state index contributed by atoms with van der Waals surface area (Å²) in [4.78, 5) is 22.5. The Morgan fingerprint density at radius 3 is 2.43 bits per heavy atom. The van der Waals surface area contributed by atoms with Gasteiger partial charge >= 0.3 is 0 Å². The molecule has 2 aromatic carbocycles. The predicted octanol–water partition coefficient (Wildman–Crippen LogP) is 2.71. The normalized spacial score (nSPS) is 10.3. The molecule has 2 N–H and O–H groups in total. The molecule has 0 fully saturated rings. The molecule has 6 nitrogen and oxygen atoms in total.